The molecular formula is C20H26N4O2. The van der Waals surface area contributed by atoms with Crippen LogP contribution in [-0.4, -0.2) is 52.2 Å². The number of rotatable bonds is 4. The molecule has 0 radical (unpaired) electrons. The number of amides is 1. The van der Waals surface area contributed by atoms with Gasteiger partial charge in [0.15, 0.2) is 0 Å². The van der Waals surface area contributed by atoms with Crippen LogP contribution in [0, 0.1) is 13.8 Å². The van der Waals surface area contributed by atoms with Crippen LogP contribution in [-0.2, 0) is 9.53 Å². The first-order valence-corrected chi connectivity index (χ1v) is 9.35. The van der Waals surface area contributed by atoms with Gasteiger partial charge in [-0.1, -0.05) is 0 Å². The Morgan fingerprint density at radius 3 is 2.38 bits per heavy atom. The molecule has 0 bridgehead atoms. The molecular weight excluding hydrogens is 328 g/mol. The van der Waals surface area contributed by atoms with E-state index >= 15 is 0 Å². The molecule has 4 rings (SSSR count). The molecule has 1 aromatic heterocycles. The summed E-state index contributed by atoms with van der Waals surface area (Å²) in [6, 6.07) is 7.97. The quantitative estimate of drug-likeness (QED) is 0.917. The minimum Gasteiger partial charge on any atom is -0.379 e. The number of aryl methyl sites for hydroxylation is 1. The number of hydrogen-bond acceptors (Lipinski definition) is 4. The van der Waals surface area contributed by atoms with Gasteiger partial charge in [0.05, 0.1) is 25.2 Å². The van der Waals surface area contributed by atoms with Gasteiger partial charge < -0.3 is 14.6 Å². The van der Waals surface area contributed by atoms with Crippen LogP contribution >= 0.6 is 0 Å². The fourth-order valence-corrected chi connectivity index (χ4v) is 3.90. The molecule has 1 N–H and O–H groups in total. The van der Waals surface area contributed by atoms with E-state index in [1.807, 2.05) is 37.5 Å². The number of imidazole rings is 1. The molecule has 26 heavy (non-hydrogen) atoms. The minimum absolute atomic E-state index is 0.119. The molecule has 2 heterocycles. The molecule has 1 saturated heterocycles. The van der Waals surface area contributed by atoms with Crippen molar-refractivity contribution in [2.75, 3.05) is 31.6 Å². The standard InChI is InChI=1S/C20H26N4O2/c1-15-16(2)24(14-21-15)18-6-4-17(5-7-18)22-19(25)20(8-3-9-20)23-10-12-26-13-11-23/h4-7,14H,3,8-13H2,1-2H3,(H,22,25). The SMILES string of the molecule is Cc1ncn(-c2ccc(NC(=O)C3(N4CCOCC4)CCC3)cc2)c1C. The third kappa shape index (κ3) is 2.93. The zero-order valence-electron chi connectivity index (χ0n) is 15.5. The zero-order chi connectivity index (χ0) is 18.1. The van der Waals surface area contributed by atoms with Gasteiger partial charge in [0.2, 0.25) is 5.91 Å². The summed E-state index contributed by atoms with van der Waals surface area (Å²) >= 11 is 0. The molecule has 0 spiro atoms. The summed E-state index contributed by atoms with van der Waals surface area (Å²) in [4.78, 5) is 19.7. The molecule has 2 fully saturated rings. The highest BCUT2D eigenvalue weighted by Gasteiger charge is 2.49. The molecule has 1 amide bonds. The molecule has 138 valence electrons. The lowest BCUT2D eigenvalue weighted by Crippen LogP contribution is -2.63. The van der Waals surface area contributed by atoms with Crippen LogP contribution in [0.25, 0.3) is 5.69 Å². The topological polar surface area (TPSA) is 59.4 Å². The summed E-state index contributed by atoms with van der Waals surface area (Å²) < 4.78 is 7.50. The summed E-state index contributed by atoms with van der Waals surface area (Å²) in [6.45, 7) is 7.17. The van der Waals surface area contributed by atoms with Gasteiger partial charge in [-0.3, -0.25) is 9.69 Å². The highest BCUT2D eigenvalue weighted by molar-refractivity contribution is 5.98. The van der Waals surface area contributed by atoms with Gasteiger partial charge in [0.1, 0.15) is 5.54 Å². The summed E-state index contributed by atoms with van der Waals surface area (Å²) in [5.74, 6) is 0.119. The number of hydrogen-bond donors (Lipinski definition) is 1. The Kier molecular flexibility index (Phi) is 4.54. The first-order valence-electron chi connectivity index (χ1n) is 9.35. The lowest BCUT2D eigenvalue weighted by atomic mass is 9.74. The van der Waals surface area contributed by atoms with E-state index in [-0.39, 0.29) is 11.4 Å². The number of aromatic nitrogens is 2. The summed E-state index contributed by atoms with van der Waals surface area (Å²) in [7, 11) is 0. The Hall–Kier alpha value is -2.18. The van der Waals surface area contributed by atoms with Crippen LogP contribution in [0.1, 0.15) is 30.7 Å². The Balaban J connectivity index is 1.48. The number of ether oxygens (including phenoxy) is 1. The number of morpholine rings is 1. The van der Waals surface area contributed by atoms with E-state index in [1.54, 1.807) is 0 Å². The van der Waals surface area contributed by atoms with E-state index in [1.165, 1.54) is 0 Å². The van der Waals surface area contributed by atoms with Crippen molar-refractivity contribution >= 4 is 11.6 Å². The van der Waals surface area contributed by atoms with Gasteiger partial charge in [-0.05, 0) is 57.4 Å². The minimum atomic E-state index is -0.347. The van der Waals surface area contributed by atoms with E-state index in [9.17, 15) is 4.79 Å². The van der Waals surface area contributed by atoms with Gasteiger partial charge in [-0.25, -0.2) is 4.98 Å². The second-order valence-electron chi connectivity index (χ2n) is 7.27. The molecule has 6 nitrogen and oxygen atoms in total. The third-order valence-electron chi connectivity index (χ3n) is 5.87. The highest BCUT2D eigenvalue weighted by atomic mass is 16.5. The van der Waals surface area contributed by atoms with Crippen molar-refractivity contribution in [2.45, 2.75) is 38.6 Å². The average Bonchev–Trinajstić information content (AvgIpc) is 2.95. The van der Waals surface area contributed by atoms with Crippen molar-refractivity contribution in [2.24, 2.45) is 0 Å². The predicted molar refractivity (Wildman–Crippen MR) is 101 cm³/mol. The van der Waals surface area contributed by atoms with Gasteiger partial charge in [-0.15, -0.1) is 0 Å². The van der Waals surface area contributed by atoms with Crippen molar-refractivity contribution in [3.05, 3.63) is 42.0 Å². The van der Waals surface area contributed by atoms with Crippen molar-refractivity contribution in [1.82, 2.24) is 14.5 Å². The van der Waals surface area contributed by atoms with Gasteiger partial charge in [-0.2, -0.15) is 0 Å². The van der Waals surface area contributed by atoms with Gasteiger partial charge in [0.25, 0.3) is 0 Å². The van der Waals surface area contributed by atoms with E-state index in [2.05, 4.69) is 26.7 Å². The Labute approximate surface area is 154 Å². The van der Waals surface area contributed by atoms with E-state index in [4.69, 9.17) is 4.74 Å². The van der Waals surface area contributed by atoms with Crippen molar-refractivity contribution < 1.29 is 9.53 Å². The van der Waals surface area contributed by atoms with Crippen molar-refractivity contribution in [3.8, 4) is 5.69 Å². The first kappa shape index (κ1) is 17.2. The second-order valence-corrected chi connectivity index (χ2v) is 7.27. The number of anilines is 1. The van der Waals surface area contributed by atoms with Crippen molar-refractivity contribution in [3.63, 3.8) is 0 Å². The fraction of sp³-hybridized carbons (Fsp3) is 0.500. The number of benzene rings is 1. The molecule has 1 aliphatic heterocycles. The molecule has 0 unspecified atom stereocenters. The smallest absolute Gasteiger partial charge is 0.244 e. The maximum absolute atomic E-state index is 13.0. The maximum Gasteiger partial charge on any atom is 0.244 e. The predicted octanol–water partition coefficient (Wildman–Crippen LogP) is 2.68. The Morgan fingerprint density at radius 1 is 1.15 bits per heavy atom. The zero-order valence-corrected chi connectivity index (χ0v) is 15.5. The molecule has 2 aromatic rings. The molecule has 2 aliphatic rings. The number of carbonyl (C=O) groups is 1. The lowest BCUT2D eigenvalue weighted by molar-refractivity contribution is -0.139. The normalized spacial score (nSPS) is 19.8. The van der Waals surface area contributed by atoms with Crippen LogP contribution in [0.15, 0.2) is 30.6 Å². The van der Waals surface area contributed by atoms with E-state index in [0.717, 1.165) is 55.1 Å². The molecule has 1 aromatic carbocycles. The highest BCUT2D eigenvalue weighted by Crippen LogP contribution is 2.39. The Bertz CT molecular complexity index is 787. The average molecular weight is 354 g/mol. The van der Waals surface area contributed by atoms with Crippen LogP contribution in [0.2, 0.25) is 0 Å². The monoisotopic (exact) mass is 354 g/mol. The number of nitrogens with one attached hydrogen (secondary N) is 1. The number of carbonyl (C=O) groups excluding carboxylic acids is 1. The third-order valence-corrected chi connectivity index (χ3v) is 5.87. The number of nitrogens with zero attached hydrogens (tertiary/aromatic N) is 3. The molecule has 1 aliphatic carbocycles. The van der Waals surface area contributed by atoms with E-state index < -0.39 is 0 Å². The maximum atomic E-state index is 13.0. The molecule has 0 atom stereocenters. The molecule has 6 heteroatoms. The van der Waals surface area contributed by atoms with Crippen LogP contribution in [0.4, 0.5) is 5.69 Å². The lowest BCUT2D eigenvalue weighted by Gasteiger charge is -2.49. The Morgan fingerprint density at radius 2 is 1.85 bits per heavy atom. The fourth-order valence-electron chi connectivity index (χ4n) is 3.90. The summed E-state index contributed by atoms with van der Waals surface area (Å²) in [5, 5.41) is 3.13. The van der Waals surface area contributed by atoms with Gasteiger partial charge in [0, 0.05) is 30.2 Å². The van der Waals surface area contributed by atoms with Crippen LogP contribution < -0.4 is 5.32 Å². The van der Waals surface area contributed by atoms with Crippen molar-refractivity contribution in [1.29, 1.82) is 0 Å². The largest absolute Gasteiger partial charge is 0.379 e. The second kappa shape index (κ2) is 6.85. The van der Waals surface area contributed by atoms with Crippen LogP contribution in [0.3, 0.4) is 0 Å². The first-order chi connectivity index (χ1) is 12.6. The summed E-state index contributed by atoms with van der Waals surface area (Å²) in [6.07, 6.45) is 4.82. The van der Waals surface area contributed by atoms with Crippen LogP contribution in [0.5, 0.6) is 0 Å². The van der Waals surface area contributed by atoms with Gasteiger partial charge >= 0.3 is 0 Å². The summed E-state index contributed by atoms with van der Waals surface area (Å²) in [5.41, 5.74) is 3.70. The molecule has 1 saturated carbocycles. The van der Waals surface area contributed by atoms with E-state index in [0.29, 0.717) is 13.2 Å².